The Morgan fingerprint density at radius 1 is 0.935 bits per heavy atom. The number of carbonyl (C=O) groups is 3. The molecule has 7 nitrogen and oxygen atoms in total. The summed E-state index contributed by atoms with van der Waals surface area (Å²) in [5.41, 5.74) is 2.30. The normalized spacial score (nSPS) is 15.0. The lowest BCUT2D eigenvalue weighted by atomic mass is 9.69. The molecular formula is C24H27NO6. The molecule has 3 rings (SSSR count). The lowest BCUT2D eigenvalue weighted by molar-refractivity contribution is -0.142. The van der Waals surface area contributed by atoms with Gasteiger partial charge < -0.3 is 9.47 Å². The van der Waals surface area contributed by atoms with Gasteiger partial charge in [-0.15, -0.1) is 0 Å². The van der Waals surface area contributed by atoms with Crippen molar-refractivity contribution in [3.8, 4) is 5.75 Å². The van der Waals surface area contributed by atoms with Crippen LogP contribution in [0, 0.1) is 0 Å². The van der Waals surface area contributed by atoms with Gasteiger partial charge in [0.1, 0.15) is 5.75 Å². The second kappa shape index (κ2) is 10.2. The summed E-state index contributed by atoms with van der Waals surface area (Å²) >= 11 is 0. The fraction of sp³-hybridized carbons (Fsp3) is 0.375. The molecule has 0 saturated heterocycles. The fourth-order valence-electron chi connectivity index (χ4n) is 3.91. The Hall–Kier alpha value is -3.19. The van der Waals surface area contributed by atoms with Crippen LogP contribution in [-0.4, -0.2) is 29.7 Å². The SMILES string of the molecule is CCCOC(=O)c1ccc(C2(C(=O)Oc3ccc(C(=O)NO)cc3)CCCCC2)cc1. The highest BCUT2D eigenvalue weighted by atomic mass is 16.5. The Morgan fingerprint density at radius 2 is 1.55 bits per heavy atom. The molecule has 0 atom stereocenters. The Balaban J connectivity index is 1.81. The second-order valence-electron chi connectivity index (χ2n) is 7.71. The van der Waals surface area contributed by atoms with Gasteiger partial charge in [0.15, 0.2) is 0 Å². The molecule has 0 aromatic heterocycles. The Morgan fingerprint density at radius 3 is 2.13 bits per heavy atom. The van der Waals surface area contributed by atoms with E-state index < -0.39 is 11.3 Å². The fourth-order valence-corrected chi connectivity index (χ4v) is 3.91. The molecule has 1 saturated carbocycles. The molecule has 1 amide bonds. The highest BCUT2D eigenvalue weighted by Crippen LogP contribution is 2.41. The maximum Gasteiger partial charge on any atom is 0.338 e. The van der Waals surface area contributed by atoms with Crippen molar-refractivity contribution in [1.29, 1.82) is 0 Å². The zero-order valence-electron chi connectivity index (χ0n) is 17.6. The first kappa shape index (κ1) is 22.5. The van der Waals surface area contributed by atoms with Crippen molar-refractivity contribution in [1.82, 2.24) is 5.48 Å². The van der Waals surface area contributed by atoms with Gasteiger partial charge in [-0.2, -0.15) is 0 Å². The standard InChI is InChI=1S/C24H27NO6/c1-2-16-30-22(27)18-6-10-19(11-7-18)24(14-4-3-5-15-24)23(28)31-20-12-8-17(9-13-20)21(26)25-29/h6-13,29H,2-5,14-16H2,1H3,(H,25,26). The first-order valence-corrected chi connectivity index (χ1v) is 10.5. The number of carbonyl (C=O) groups excluding carboxylic acids is 3. The van der Waals surface area contributed by atoms with Gasteiger partial charge in [-0.3, -0.25) is 14.8 Å². The molecule has 2 N–H and O–H groups in total. The van der Waals surface area contributed by atoms with Gasteiger partial charge in [0, 0.05) is 5.56 Å². The maximum absolute atomic E-state index is 13.3. The van der Waals surface area contributed by atoms with E-state index in [0.29, 0.717) is 30.8 Å². The summed E-state index contributed by atoms with van der Waals surface area (Å²) in [5.74, 6) is -1.04. The maximum atomic E-state index is 13.3. The summed E-state index contributed by atoms with van der Waals surface area (Å²) in [4.78, 5) is 36.8. The summed E-state index contributed by atoms with van der Waals surface area (Å²) in [6.07, 6.45) is 4.95. The summed E-state index contributed by atoms with van der Waals surface area (Å²) < 4.78 is 10.9. The lowest BCUT2D eigenvalue weighted by Crippen LogP contribution is -2.41. The van der Waals surface area contributed by atoms with Crippen LogP contribution < -0.4 is 10.2 Å². The van der Waals surface area contributed by atoms with Crippen molar-refractivity contribution in [2.45, 2.75) is 50.9 Å². The van der Waals surface area contributed by atoms with Crippen LogP contribution in [0.25, 0.3) is 0 Å². The lowest BCUT2D eigenvalue weighted by Gasteiger charge is -2.35. The topological polar surface area (TPSA) is 102 Å². The van der Waals surface area contributed by atoms with E-state index in [1.54, 1.807) is 17.6 Å². The summed E-state index contributed by atoms with van der Waals surface area (Å²) in [7, 11) is 0. The summed E-state index contributed by atoms with van der Waals surface area (Å²) in [5, 5.41) is 8.72. The minimum atomic E-state index is -0.786. The van der Waals surface area contributed by atoms with E-state index in [2.05, 4.69) is 0 Å². The number of hydroxylamine groups is 1. The zero-order valence-corrected chi connectivity index (χ0v) is 17.6. The Labute approximate surface area is 181 Å². The average molecular weight is 425 g/mol. The molecule has 31 heavy (non-hydrogen) atoms. The second-order valence-corrected chi connectivity index (χ2v) is 7.71. The number of hydrogen-bond donors (Lipinski definition) is 2. The minimum absolute atomic E-state index is 0.250. The molecule has 1 aliphatic rings. The molecule has 0 bridgehead atoms. The first-order chi connectivity index (χ1) is 15.0. The molecule has 0 unspecified atom stereocenters. The van der Waals surface area contributed by atoms with Crippen molar-refractivity contribution < 1.29 is 29.1 Å². The third kappa shape index (κ3) is 5.11. The molecule has 1 aliphatic carbocycles. The predicted octanol–water partition coefficient (Wildman–Crippen LogP) is 4.18. The van der Waals surface area contributed by atoms with Crippen LogP contribution in [0.2, 0.25) is 0 Å². The van der Waals surface area contributed by atoms with Crippen LogP contribution in [0.4, 0.5) is 0 Å². The molecule has 1 fully saturated rings. The van der Waals surface area contributed by atoms with Gasteiger partial charge >= 0.3 is 11.9 Å². The minimum Gasteiger partial charge on any atom is -0.462 e. The zero-order chi connectivity index (χ0) is 22.3. The predicted molar refractivity (Wildman–Crippen MR) is 113 cm³/mol. The molecule has 2 aromatic carbocycles. The van der Waals surface area contributed by atoms with E-state index in [0.717, 1.165) is 31.2 Å². The van der Waals surface area contributed by atoms with Gasteiger partial charge in [-0.05, 0) is 61.2 Å². The molecule has 0 aliphatic heterocycles. The van der Waals surface area contributed by atoms with E-state index in [4.69, 9.17) is 14.7 Å². The van der Waals surface area contributed by atoms with Crippen LogP contribution in [0.1, 0.15) is 71.7 Å². The van der Waals surface area contributed by atoms with Crippen LogP contribution in [-0.2, 0) is 14.9 Å². The van der Waals surface area contributed by atoms with Crippen molar-refractivity contribution in [3.63, 3.8) is 0 Å². The molecule has 2 aromatic rings. The van der Waals surface area contributed by atoms with Crippen molar-refractivity contribution in [2.75, 3.05) is 6.61 Å². The molecule has 164 valence electrons. The van der Waals surface area contributed by atoms with E-state index in [9.17, 15) is 14.4 Å². The third-order valence-electron chi connectivity index (χ3n) is 5.64. The molecule has 0 radical (unpaired) electrons. The number of rotatable bonds is 7. The van der Waals surface area contributed by atoms with Crippen LogP contribution >= 0.6 is 0 Å². The molecule has 0 heterocycles. The quantitative estimate of drug-likeness (QED) is 0.299. The van der Waals surface area contributed by atoms with Gasteiger partial charge in [-0.1, -0.05) is 38.3 Å². The van der Waals surface area contributed by atoms with Gasteiger partial charge in [0.05, 0.1) is 17.6 Å². The van der Waals surface area contributed by atoms with Crippen LogP contribution in [0.3, 0.4) is 0 Å². The van der Waals surface area contributed by atoms with E-state index >= 15 is 0 Å². The highest BCUT2D eigenvalue weighted by molar-refractivity contribution is 5.93. The largest absolute Gasteiger partial charge is 0.462 e. The van der Waals surface area contributed by atoms with E-state index in [1.807, 2.05) is 19.1 Å². The van der Waals surface area contributed by atoms with Crippen molar-refractivity contribution in [3.05, 3.63) is 65.2 Å². The van der Waals surface area contributed by atoms with Gasteiger partial charge in [0.2, 0.25) is 0 Å². The summed E-state index contributed by atoms with van der Waals surface area (Å²) in [6.45, 7) is 2.30. The van der Waals surface area contributed by atoms with Crippen LogP contribution in [0.15, 0.2) is 48.5 Å². The number of amides is 1. The monoisotopic (exact) mass is 425 g/mol. The third-order valence-corrected chi connectivity index (χ3v) is 5.64. The Bertz CT molecular complexity index is 914. The van der Waals surface area contributed by atoms with Gasteiger partial charge in [0.25, 0.3) is 5.91 Å². The number of nitrogens with one attached hydrogen (secondary N) is 1. The number of benzene rings is 2. The summed E-state index contributed by atoms with van der Waals surface area (Å²) in [6, 6.07) is 13.0. The van der Waals surface area contributed by atoms with Crippen molar-refractivity contribution >= 4 is 17.8 Å². The van der Waals surface area contributed by atoms with E-state index in [1.165, 1.54) is 24.3 Å². The van der Waals surface area contributed by atoms with Gasteiger partial charge in [-0.25, -0.2) is 10.3 Å². The Kier molecular flexibility index (Phi) is 7.41. The molecule has 7 heteroatoms. The molecular weight excluding hydrogens is 398 g/mol. The van der Waals surface area contributed by atoms with Crippen LogP contribution in [0.5, 0.6) is 5.75 Å². The molecule has 0 spiro atoms. The smallest absolute Gasteiger partial charge is 0.338 e. The average Bonchev–Trinajstić information content (AvgIpc) is 2.83. The van der Waals surface area contributed by atoms with E-state index in [-0.39, 0.29) is 17.5 Å². The number of esters is 2. The highest BCUT2D eigenvalue weighted by Gasteiger charge is 2.43. The number of ether oxygens (including phenoxy) is 2. The first-order valence-electron chi connectivity index (χ1n) is 10.5. The number of hydrogen-bond acceptors (Lipinski definition) is 6. The van der Waals surface area contributed by atoms with Crippen molar-refractivity contribution in [2.24, 2.45) is 0 Å².